The molecule has 0 radical (unpaired) electrons. The normalized spacial score (nSPS) is 35.0. The van der Waals surface area contributed by atoms with Crippen molar-refractivity contribution in [2.24, 2.45) is 21.9 Å². The van der Waals surface area contributed by atoms with Crippen LogP contribution in [0.1, 0.15) is 53.9 Å². The van der Waals surface area contributed by atoms with E-state index in [9.17, 15) is 5.11 Å². The van der Waals surface area contributed by atoms with Gasteiger partial charge >= 0.3 is 0 Å². The van der Waals surface area contributed by atoms with Crippen LogP contribution in [0.15, 0.2) is 5.16 Å². The highest BCUT2D eigenvalue weighted by Crippen LogP contribution is 2.63. The van der Waals surface area contributed by atoms with Gasteiger partial charge in [0.25, 0.3) is 0 Å². The summed E-state index contributed by atoms with van der Waals surface area (Å²) in [6.07, 6.45) is 3.08. The minimum atomic E-state index is -0.499. The molecule has 2 N–H and O–H groups in total. The maximum absolute atomic E-state index is 9.81. The fraction of sp³-hybridized carbons (Fsp3) is 0.938. The topological polar surface area (TPSA) is 53.8 Å². The molecule has 4 nitrogen and oxygen atoms in total. The molecule has 0 aliphatic heterocycles. The molecule has 116 valence electrons. The molecular weight excluding hydrogens is 252 g/mol. The number of nitrogens with one attached hydrogen (secondary N) is 1. The molecule has 2 bridgehead atoms. The number of rotatable bonds is 6. The van der Waals surface area contributed by atoms with Gasteiger partial charge in [-0.15, -0.1) is 0 Å². The molecule has 2 aliphatic carbocycles. The van der Waals surface area contributed by atoms with Gasteiger partial charge < -0.3 is 15.3 Å². The Morgan fingerprint density at radius 2 is 2.10 bits per heavy atom. The third-order valence-corrected chi connectivity index (χ3v) is 5.72. The predicted octanol–water partition coefficient (Wildman–Crippen LogP) is 2.56. The first kappa shape index (κ1) is 15.8. The Morgan fingerprint density at radius 3 is 2.60 bits per heavy atom. The van der Waals surface area contributed by atoms with E-state index in [1.54, 1.807) is 0 Å². The van der Waals surface area contributed by atoms with E-state index in [0.717, 1.165) is 12.3 Å². The van der Waals surface area contributed by atoms with Gasteiger partial charge in [-0.25, -0.2) is 0 Å². The van der Waals surface area contributed by atoms with Crippen molar-refractivity contribution in [2.75, 3.05) is 13.2 Å². The monoisotopic (exact) mass is 282 g/mol. The predicted molar refractivity (Wildman–Crippen MR) is 81.8 cm³/mol. The molecule has 2 saturated carbocycles. The third kappa shape index (κ3) is 2.73. The van der Waals surface area contributed by atoms with Gasteiger partial charge in [-0.3, -0.25) is 0 Å². The van der Waals surface area contributed by atoms with Gasteiger partial charge in [-0.05, 0) is 30.6 Å². The van der Waals surface area contributed by atoms with E-state index in [2.05, 4.69) is 45.1 Å². The summed E-state index contributed by atoms with van der Waals surface area (Å²) in [7, 11) is 0. The number of nitrogens with zero attached hydrogens (tertiary/aromatic N) is 1. The fourth-order valence-electron chi connectivity index (χ4n) is 3.70. The van der Waals surface area contributed by atoms with Crippen molar-refractivity contribution >= 4 is 5.71 Å². The zero-order valence-electron chi connectivity index (χ0n) is 13.6. The summed E-state index contributed by atoms with van der Waals surface area (Å²) in [6, 6.07) is 0.376. The zero-order chi connectivity index (χ0) is 15.0. The van der Waals surface area contributed by atoms with Gasteiger partial charge in [0.15, 0.2) is 0 Å². The van der Waals surface area contributed by atoms with Crippen molar-refractivity contribution in [3.8, 4) is 0 Å². The van der Waals surface area contributed by atoms with Gasteiger partial charge in [0.2, 0.25) is 0 Å². The van der Waals surface area contributed by atoms with Crippen LogP contribution in [-0.2, 0) is 4.84 Å². The Labute approximate surface area is 123 Å². The second kappa shape index (κ2) is 5.64. The summed E-state index contributed by atoms with van der Waals surface area (Å²) < 4.78 is 0. The molecule has 0 aromatic carbocycles. The second-order valence-corrected chi connectivity index (χ2v) is 7.54. The summed E-state index contributed by atoms with van der Waals surface area (Å²) in [4.78, 5) is 5.42. The minimum Gasteiger partial charge on any atom is -0.393 e. The fourth-order valence-corrected chi connectivity index (χ4v) is 3.70. The Morgan fingerprint density at radius 1 is 1.40 bits per heavy atom. The van der Waals surface area contributed by atoms with E-state index in [4.69, 9.17) is 4.84 Å². The largest absolute Gasteiger partial charge is 0.393 e. The second-order valence-electron chi connectivity index (χ2n) is 7.54. The van der Waals surface area contributed by atoms with Crippen molar-refractivity contribution in [3.63, 3.8) is 0 Å². The van der Waals surface area contributed by atoms with E-state index in [-0.39, 0.29) is 12.0 Å². The van der Waals surface area contributed by atoms with Crippen LogP contribution in [0.4, 0.5) is 0 Å². The molecule has 0 saturated heterocycles. The molecule has 0 amide bonds. The Kier molecular flexibility index (Phi) is 4.45. The van der Waals surface area contributed by atoms with Crippen molar-refractivity contribution in [2.45, 2.75) is 66.0 Å². The number of hydrogen-bond donors (Lipinski definition) is 2. The summed E-state index contributed by atoms with van der Waals surface area (Å²) in [5.41, 5.74) is 1.70. The molecule has 2 fully saturated rings. The average Bonchev–Trinajstić information content (AvgIpc) is 2.69. The summed E-state index contributed by atoms with van der Waals surface area (Å²) in [5.74, 6) is 0.738. The molecular formula is C16H30N2O2. The standard InChI is InChI=1S/C16H30N2O2/c1-11(2)17-9-13(19)10-20-18-14-8-12-6-7-16(14,5)15(12,3)4/h11-13,17,19H,6-10H2,1-5H3/b18-14-. The smallest absolute Gasteiger partial charge is 0.144 e. The van der Waals surface area contributed by atoms with Crippen molar-refractivity contribution in [3.05, 3.63) is 0 Å². The number of hydrogen-bond acceptors (Lipinski definition) is 4. The highest BCUT2D eigenvalue weighted by molar-refractivity contribution is 5.93. The SMILES string of the molecule is CC(C)NCC(O)CO/N=C1/CC2CCC1(C)C2(C)C. The van der Waals surface area contributed by atoms with Crippen LogP contribution in [0.3, 0.4) is 0 Å². The molecule has 4 heteroatoms. The third-order valence-electron chi connectivity index (χ3n) is 5.72. The van der Waals surface area contributed by atoms with Crippen LogP contribution in [0.2, 0.25) is 0 Å². The Balaban J connectivity index is 1.85. The van der Waals surface area contributed by atoms with Crippen LogP contribution >= 0.6 is 0 Å². The van der Waals surface area contributed by atoms with Gasteiger partial charge in [-0.1, -0.05) is 39.8 Å². The lowest BCUT2D eigenvalue weighted by Crippen LogP contribution is -2.35. The first-order valence-electron chi connectivity index (χ1n) is 7.88. The van der Waals surface area contributed by atoms with Gasteiger partial charge in [-0.2, -0.15) is 0 Å². The van der Waals surface area contributed by atoms with Crippen LogP contribution in [-0.4, -0.2) is 36.1 Å². The highest BCUT2D eigenvalue weighted by atomic mass is 16.6. The molecule has 2 aliphatic rings. The van der Waals surface area contributed by atoms with E-state index in [1.165, 1.54) is 18.6 Å². The lowest BCUT2D eigenvalue weighted by Gasteiger charge is -2.34. The van der Waals surface area contributed by atoms with E-state index in [0.29, 0.717) is 18.0 Å². The van der Waals surface area contributed by atoms with E-state index < -0.39 is 6.10 Å². The first-order valence-corrected chi connectivity index (χ1v) is 7.88. The van der Waals surface area contributed by atoms with Crippen molar-refractivity contribution < 1.29 is 9.94 Å². The maximum Gasteiger partial charge on any atom is 0.144 e. The summed E-state index contributed by atoms with van der Waals surface area (Å²) in [5, 5.41) is 17.4. The Hall–Kier alpha value is -0.610. The molecule has 0 heterocycles. The van der Waals surface area contributed by atoms with Crippen molar-refractivity contribution in [1.29, 1.82) is 0 Å². The zero-order valence-corrected chi connectivity index (χ0v) is 13.6. The molecule has 3 atom stereocenters. The van der Waals surface area contributed by atoms with Crippen LogP contribution in [0.5, 0.6) is 0 Å². The lowest BCUT2D eigenvalue weighted by atomic mass is 9.70. The van der Waals surface area contributed by atoms with Gasteiger partial charge in [0.05, 0.1) is 5.71 Å². The van der Waals surface area contributed by atoms with Gasteiger partial charge in [0.1, 0.15) is 12.7 Å². The number of fused-ring (bicyclic) bond motifs is 2. The van der Waals surface area contributed by atoms with Gasteiger partial charge in [0, 0.05) is 18.0 Å². The number of oxime groups is 1. The van der Waals surface area contributed by atoms with Crippen LogP contribution in [0.25, 0.3) is 0 Å². The number of aliphatic hydroxyl groups is 1. The molecule has 20 heavy (non-hydrogen) atoms. The molecule has 0 aromatic heterocycles. The van der Waals surface area contributed by atoms with E-state index >= 15 is 0 Å². The summed E-state index contributed by atoms with van der Waals surface area (Å²) >= 11 is 0. The summed E-state index contributed by atoms with van der Waals surface area (Å²) in [6.45, 7) is 12.0. The van der Waals surface area contributed by atoms with Crippen LogP contribution < -0.4 is 5.32 Å². The van der Waals surface area contributed by atoms with Crippen molar-refractivity contribution in [1.82, 2.24) is 5.32 Å². The van der Waals surface area contributed by atoms with Crippen LogP contribution in [0, 0.1) is 16.7 Å². The molecule has 0 spiro atoms. The Bertz CT molecular complexity index is 379. The quantitative estimate of drug-likeness (QED) is 0.736. The average molecular weight is 282 g/mol. The van der Waals surface area contributed by atoms with E-state index in [1.807, 2.05) is 0 Å². The minimum absolute atomic E-state index is 0.179. The first-order chi connectivity index (χ1) is 9.27. The lowest BCUT2D eigenvalue weighted by molar-refractivity contribution is 0.0374. The maximum atomic E-state index is 9.81. The molecule has 2 rings (SSSR count). The highest BCUT2D eigenvalue weighted by Gasteiger charge is 2.60. The number of aliphatic hydroxyl groups excluding tert-OH is 1. The molecule has 3 unspecified atom stereocenters. The molecule has 0 aromatic rings.